The summed E-state index contributed by atoms with van der Waals surface area (Å²) in [6.07, 6.45) is 2.22. The van der Waals surface area contributed by atoms with E-state index >= 15 is 0 Å². The van der Waals surface area contributed by atoms with E-state index in [0.29, 0.717) is 11.3 Å². The van der Waals surface area contributed by atoms with Gasteiger partial charge in [0.25, 0.3) is 0 Å². The van der Waals surface area contributed by atoms with Crippen LogP contribution in [0.3, 0.4) is 0 Å². The Labute approximate surface area is 86.2 Å². The van der Waals surface area contributed by atoms with Crippen molar-refractivity contribution in [3.05, 3.63) is 42.1 Å². The van der Waals surface area contributed by atoms with Crippen molar-refractivity contribution < 1.29 is 14.7 Å². The summed E-state index contributed by atoms with van der Waals surface area (Å²) in [6.45, 7) is 0. The van der Waals surface area contributed by atoms with Gasteiger partial charge in [-0.2, -0.15) is 0 Å². The number of nitrogens with two attached hydrogens (primary N) is 1. The fourth-order valence-electron chi connectivity index (χ4n) is 0.971. The first-order chi connectivity index (χ1) is 7.09. The molecule has 15 heavy (non-hydrogen) atoms. The quantitative estimate of drug-likeness (QED) is 0.635. The molecular formula is C10H10N2O3. The zero-order valence-electron chi connectivity index (χ0n) is 7.81. The number of carboxylic acid groups (broad SMARTS) is 1. The summed E-state index contributed by atoms with van der Waals surface area (Å²) >= 11 is 0. The lowest BCUT2D eigenvalue weighted by Crippen LogP contribution is -2.10. The standard InChI is InChI=1S/C10H10N2O3/c11-10(15)7-2-1-3-8(6-7)12-5-4-9(13)14/h1-6,12H,(H2,11,15)(H,13,14)/b5-4+. The second-order valence-corrected chi connectivity index (χ2v) is 2.76. The van der Waals surface area contributed by atoms with E-state index in [-0.39, 0.29) is 0 Å². The first kappa shape index (κ1) is 10.8. The van der Waals surface area contributed by atoms with Crippen LogP contribution in [0.2, 0.25) is 0 Å². The van der Waals surface area contributed by atoms with Crippen molar-refractivity contribution in [1.82, 2.24) is 0 Å². The number of anilines is 1. The molecule has 0 radical (unpaired) electrons. The molecule has 0 saturated heterocycles. The smallest absolute Gasteiger partial charge is 0.329 e. The molecular weight excluding hydrogens is 196 g/mol. The minimum Gasteiger partial charge on any atom is -0.478 e. The van der Waals surface area contributed by atoms with Crippen molar-refractivity contribution in [2.45, 2.75) is 0 Å². The van der Waals surface area contributed by atoms with Crippen LogP contribution in [0.25, 0.3) is 0 Å². The molecule has 0 saturated carbocycles. The maximum Gasteiger partial charge on any atom is 0.329 e. The van der Waals surface area contributed by atoms with Crippen molar-refractivity contribution in [1.29, 1.82) is 0 Å². The first-order valence-electron chi connectivity index (χ1n) is 4.15. The van der Waals surface area contributed by atoms with Gasteiger partial charge in [-0.15, -0.1) is 0 Å². The van der Waals surface area contributed by atoms with Gasteiger partial charge < -0.3 is 16.2 Å². The number of rotatable bonds is 4. The van der Waals surface area contributed by atoms with E-state index in [1.807, 2.05) is 0 Å². The zero-order valence-corrected chi connectivity index (χ0v) is 7.81. The second-order valence-electron chi connectivity index (χ2n) is 2.76. The lowest BCUT2D eigenvalue weighted by molar-refractivity contribution is -0.131. The Hall–Kier alpha value is -2.30. The van der Waals surface area contributed by atoms with E-state index in [9.17, 15) is 9.59 Å². The number of primary amides is 1. The lowest BCUT2D eigenvalue weighted by Gasteiger charge is -2.01. The van der Waals surface area contributed by atoms with Crippen molar-refractivity contribution in [3.63, 3.8) is 0 Å². The molecule has 0 bridgehead atoms. The second kappa shape index (κ2) is 4.80. The highest BCUT2D eigenvalue weighted by atomic mass is 16.4. The number of benzene rings is 1. The van der Waals surface area contributed by atoms with E-state index in [2.05, 4.69) is 5.32 Å². The molecule has 78 valence electrons. The van der Waals surface area contributed by atoms with E-state index < -0.39 is 11.9 Å². The summed E-state index contributed by atoms with van der Waals surface area (Å²) in [4.78, 5) is 21.0. The van der Waals surface area contributed by atoms with E-state index in [1.54, 1.807) is 18.2 Å². The number of carbonyl (C=O) groups excluding carboxylic acids is 1. The highest BCUT2D eigenvalue weighted by Gasteiger charge is 1.99. The minimum atomic E-state index is -1.05. The van der Waals surface area contributed by atoms with E-state index in [4.69, 9.17) is 10.8 Å². The number of hydrogen-bond acceptors (Lipinski definition) is 3. The number of aliphatic carboxylic acids is 1. The molecule has 0 spiro atoms. The van der Waals surface area contributed by atoms with Gasteiger partial charge >= 0.3 is 5.97 Å². The Kier molecular flexibility index (Phi) is 3.45. The van der Waals surface area contributed by atoms with Crippen molar-refractivity contribution in [2.75, 3.05) is 5.32 Å². The maximum atomic E-state index is 10.8. The van der Waals surface area contributed by atoms with E-state index in [1.165, 1.54) is 12.3 Å². The SMILES string of the molecule is NC(=O)c1cccc(N/C=C/C(=O)O)c1. The summed E-state index contributed by atoms with van der Waals surface area (Å²) in [5.74, 6) is -1.57. The molecule has 0 aliphatic carbocycles. The third-order valence-corrected chi connectivity index (χ3v) is 1.62. The zero-order chi connectivity index (χ0) is 11.3. The summed E-state index contributed by atoms with van der Waals surface area (Å²) in [6, 6.07) is 6.46. The minimum absolute atomic E-state index is 0.365. The third-order valence-electron chi connectivity index (χ3n) is 1.62. The molecule has 0 fully saturated rings. The van der Waals surface area contributed by atoms with Gasteiger partial charge in [0.05, 0.1) is 0 Å². The average molecular weight is 206 g/mol. The number of nitrogens with one attached hydrogen (secondary N) is 1. The third kappa shape index (κ3) is 3.51. The number of carbonyl (C=O) groups is 2. The van der Waals surface area contributed by atoms with Crippen molar-refractivity contribution in [3.8, 4) is 0 Å². The first-order valence-corrected chi connectivity index (χ1v) is 4.15. The normalized spacial score (nSPS) is 10.1. The Bertz CT molecular complexity index is 413. The molecule has 1 amide bonds. The topological polar surface area (TPSA) is 92.4 Å². The molecule has 1 aromatic rings. The Morgan fingerprint density at radius 1 is 1.40 bits per heavy atom. The molecule has 0 heterocycles. The predicted octanol–water partition coefficient (Wildman–Crippen LogP) is 0.796. The van der Waals surface area contributed by atoms with Gasteiger partial charge in [-0.05, 0) is 18.2 Å². The summed E-state index contributed by atoms with van der Waals surface area (Å²) in [5, 5.41) is 11.0. The molecule has 0 unspecified atom stereocenters. The van der Waals surface area contributed by atoms with Gasteiger partial charge in [-0.25, -0.2) is 4.79 Å². The van der Waals surface area contributed by atoms with Crippen LogP contribution in [0.1, 0.15) is 10.4 Å². The van der Waals surface area contributed by atoms with Gasteiger partial charge in [0.2, 0.25) is 5.91 Å². The number of carboxylic acids is 1. The molecule has 0 aliphatic heterocycles. The van der Waals surface area contributed by atoms with Gasteiger partial charge in [-0.3, -0.25) is 4.79 Å². The van der Waals surface area contributed by atoms with Gasteiger partial charge in [-0.1, -0.05) is 6.07 Å². The molecule has 4 N–H and O–H groups in total. The molecule has 5 nitrogen and oxygen atoms in total. The molecule has 0 atom stereocenters. The highest BCUT2D eigenvalue weighted by Crippen LogP contribution is 2.09. The van der Waals surface area contributed by atoms with Crippen molar-refractivity contribution >= 4 is 17.6 Å². The fourth-order valence-corrected chi connectivity index (χ4v) is 0.971. The Balaban J connectivity index is 2.74. The number of hydrogen-bond donors (Lipinski definition) is 3. The summed E-state index contributed by atoms with van der Waals surface area (Å²) < 4.78 is 0. The molecule has 1 rings (SSSR count). The largest absolute Gasteiger partial charge is 0.478 e. The van der Waals surface area contributed by atoms with E-state index in [0.717, 1.165) is 6.08 Å². The maximum absolute atomic E-state index is 10.8. The Morgan fingerprint density at radius 2 is 2.13 bits per heavy atom. The van der Waals surface area contributed by atoms with Crippen LogP contribution >= 0.6 is 0 Å². The van der Waals surface area contributed by atoms with Gasteiger partial charge in [0.1, 0.15) is 0 Å². The van der Waals surface area contributed by atoms with Gasteiger partial charge in [0.15, 0.2) is 0 Å². The average Bonchev–Trinajstić information content (AvgIpc) is 2.17. The van der Waals surface area contributed by atoms with Crippen molar-refractivity contribution in [2.24, 2.45) is 5.73 Å². The summed E-state index contributed by atoms with van der Waals surface area (Å²) in [7, 11) is 0. The van der Waals surface area contributed by atoms with Crippen LogP contribution in [-0.2, 0) is 4.79 Å². The molecule has 5 heteroatoms. The van der Waals surface area contributed by atoms with Crippen LogP contribution < -0.4 is 11.1 Å². The van der Waals surface area contributed by atoms with Crippen LogP contribution in [0.4, 0.5) is 5.69 Å². The fraction of sp³-hybridized carbons (Fsp3) is 0. The number of amides is 1. The van der Waals surface area contributed by atoms with Crippen LogP contribution in [0, 0.1) is 0 Å². The monoisotopic (exact) mass is 206 g/mol. The predicted molar refractivity (Wildman–Crippen MR) is 55.4 cm³/mol. The highest BCUT2D eigenvalue weighted by molar-refractivity contribution is 5.93. The van der Waals surface area contributed by atoms with Gasteiger partial charge in [0, 0.05) is 23.5 Å². The molecule has 0 aliphatic rings. The van der Waals surface area contributed by atoms with Crippen LogP contribution in [-0.4, -0.2) is 17.0 Å². The van der Waals surface area contributed by atoms with Crippen LogP contribution in [0.5, 0.6) is 0 Å². The molecule has 1 aromatic carbocycles. The lowest BCUT2D eigenvalue weighted by atomic mass is 10.2. The molecule has 0 aromatic heterocycles. The Morgan fingerprint density at radius 3 is 2.73 bits per heavy atom. The van der Waals surface area contributed by atoms with Crippen LogP contribution in [0.15, 0.2) is 36.5 Å². The summed E-state index contributed by atoms with van der Waals surface area (Å²) in [5.41, 5.74) is 6.05.